The molecule has 1 fully saturated rings. The summed E-state index contributed by atoms with van der Waals surface area (Å²) in [5.41, 5.74) is 0. The van der Waals surface area contributed by atoms with Crippen LogP contribution in [0.25, 0.3) is 0 Å². The van der Waals surface area contributed by atoms with Crippen LogP contribution in [0.4, 0.5) is 0 Å². The number of carbonyl (C=O) groups excluding carboxylic acids is 1. The maximum Gasteiger partial charge on any atom is 0.293 e. The van der Waals surface area contributed by atoms with Crippen molar-refractivity contribution in [2.75, 3.05) is 39.3 Å². The van der Waals surface area contributed by atoms with E-state index in [1.807, 2.05) is 6.92 Å². The molecular formula is C10H21N3O4. The van der Waals surface area contributed by atoms with Gasteiger partial charge in [-0.15, -0.1) is 0 Å². The summed E-state index contributed by atoms with van der Waals surface area (Å²) in [7, 11) is 0. The van der Waals surface area contributed by atoms with E-state index in [9.17, 15) is 14.9 Å². The Balaban J connectivity index is 0.000000437. The van der Waals surface area contributed by atoms with E-state index in [2.05, 4.69) is 15.0 Å². The first-order valence-corrected chi connectivity index (χ1v) is 5.73. The third-order valence-electron chi connectivity index (χ3n) is 2.42. The summed E-state index contributed by atoms with van der Waals surface area (Å²) in [6.45, 7) is 8.38. The van der Waals surface area contributed by atoms with Gasteiger partial charge in [0.25, 0.3) is 6.47 Å². The monoisotopic (exact) mass is 247 g/mol. The van der Waals surface area contributed by atoms with Gasteiger partial charge in [0.05, 0.1) is 12.6 Å². The second kappa shape index (κ2) is 9.98. The first kappa shape index (κ1) is 15.8. The minimum absolute atomic E-state index is 0.0556. The van der Waals surface area contributed by atoms with Gasteiger partial charge in [-0.1, -0.05) is 0 Å². The van der Waals surface area contributed by atoms with Crippen LogP contribution in [0.5, 0.6) is 0 Å². The Morgan fingerprint density at radius 3 is 2.47 bits per heavy atom. The molecule has 1 unspecified atom stereocenters. The summed E-state index contributed by atoms with van der Waals surface area (Å²) in [6.07, 6.45) is 0. The van der Waals surface area contributed by atoms with E-state index in [1.165, 1.54) is 0 Å². The van der Waals surface area contributed by atoms with Crippen molar-refractivity contribution in [2.45, 2.75) is 19.9 Å². The Morgan fingerprint density at radius 2 is 2.12 bits per heavy atom. The van der Waals surface area contributed by atoms with Crippen LogP contribution < -0.4 is 5.32 Å². The molecule has 17 heavy (non-hydrogen) atoms. The highest BCUT2D eigenvalue weighted by atomic mass is 16.6. The van der Waals surface area contributed by atoms with Crippen molar-refractivity contribution >= 4 is 6.47 Å². The molecule has 1 heterocycles. The van der Waals surface area contributed by atoms with Crippen molar-refractivity contribution in [3.8, 4) is 0 Å². The zero-order valence-corrected chi connectivity index (χ0v) is 10.4. The number of hydrogen-bond acceptors (Lipinski definition) is 6. The van der Waals surface area contributed by atoms with Gasteiger partial charge in [-0.3, -0.25) is 19.8 Å². The molecular weight excluding hydrogens is 226 g/mol. The lowest BCUT2D eigenvalue weighted by atomic mass is 10.2. The second-order valence-electron chi connectivity index (χ2n) is 3.70. The standard InChI is InChI=1S/C7H15N3O2.C3H6O2/c1-7(6-10(11)12)9-4-2-8-3-5-9;1-2-5-3-4/h7-8H,2-6H2,1H3;3H,2H2,1H3. The largest absolute Gasteiger partial charge is 0.468 e. The van der Waals surface area contributed by atoms with Crippen molar-refractivity contribution in [1.29, 1.82) is 0 Å². The quantitative estimate of drug-likeness (QED) is 0.409. The van der Waals surface area contributed by atoms with E-state index in [1.54, 1.807) is 6.92 Å². The normalized spacial score (nSPS) is 17.5. The van der Waals surface area contributed by atoms with Crippen LogP contribution in [-0.4, -0.2) is 61.7 Å². The second-order valence-corrected chi connectivity index (χ2v) is 3.70. The van der Waals surface area contributed by atoms with Gasteiger partial charge in [0.1, 0.15) is 0 Å². The van der Waals surface area contributed by atoms with Crippen molar-refractivity contribution in [3.05, 3.63) is 10.1 Å². The molecule has 7 heteroatoms. The zero-order chi connectivity index (χ0) is 13.1. The van der Waals surface area contributed by atoms with Gasteiger partial charge in [0, 0.05) is 31.1 Å². The SMILES string of the molecule is CC(C[N+](=O)[O-])N1CCNCC1.CCOC=O. The highest BCUT2D eigenvalue weighted by Crippen LogP contribution is 2.00. The lowest BCUT2D eigenvalue weighted by molar-refractivity contribution is -0.486. The molecule has 0 aromatic carbocycles. The Kier molecular flexibility index (Phi) is 9.27. The Bertz CT molecular complexity index is 220. The Labute approximate surface area is 101 Å². The summed E-state index contributed by atoms with van der Waals surface area (Å²) >= 11 is 0. The molecule has 0 aromatic heterocycles. The minimum Gasteiger partial charge on any atom is -0.468 e. The number of nitro groups is 1. The Morgan fingerprint density at radius 1 is 1.53 bits per heavy atom. The first-order valence-electron chi connectivity index (χ1n) is 5.73. The molecule has 0 aliphatic carbocycles. The highest BCUT2D eigenvalue weighted by Gasteiger charge is 2.19. The molecule has 1 aliphatic heterocycles. The highest BCUT2D eigenvalue weighted by molar-refractivity contribution is 5.36. The minimum atomic E-state index is -0.243. The van der Waals surface area contributed by atoms with Crippen LogP contribution in [0, 0.1) is 10.1 Å². The fourth-order valence-electron chi connectivity index (χ4n) is 1.52. The van der Waals surface area contributed by atoms with Gasteiger partial charge in [0.2, 0.25) is 6.54 Å². The van der Waals surface area contributed by atoms with Crippen LogP contribution in [0.1, 0.15) is 13.8 Å². The molecule has 1 saturated heterocycles. The van der Waals surface area contributed by atoms with E-state index < -0.39 is 0 Å². The molecule has 0 spiro atoms. The molecule has 0 aromatic rings. The van der Waals surface area contributed by atoms with Crippen molar-refractivity contribution < 1.29 is 14.5 Å². The van der Waals surface area contributed by atoms with Gasteiger partial charge in [-0.2, -0.15) is 0 Å². The first-order chi connectivity index (χ1) is 8.11. The van der Waals surface area contributed by atoms with Gasteiger partial charge in [-0.05, 0) is 13.8 Å². The Hall–Kier alpha value is -1.21. The van der Waals surface area contributed by atoms with Gasteiger partial charge < -0.3 is 10.1 Å². The molecule has 1 rings (SSSR count). The summed E-state index contributed by atoms with van der Waals surface area (Å²) in [5, 5.41) is 13.4. The number of piperazine rings is 1. The maximum absolute atomic E-state index is 10.2. The molecule has 0 saturated carbocycles. The number of nitrogens with zero attached hydrogens (tertiary/aromatic N) is 2. The smallest absolute Gasteiger partial charge is 0.293 e. The van der Waals surface area contributed by atoms with Crippen LogP contribution in [0.15, 0.2) is 0 Å². The van der Waals surface area contributed by atoms with Crippen molar-refractivity contribution in [3.63, 3.8) is 0 Å². The third-order valence-corrected chi connectivity index (χ3v) is 2.42. The lowest BCUT2D eigenvalue weighted by Crippen LogP contribution is -2.49. The average molecular weight is 247 g/mol. The molecule has 0 amide bonds. The summed E-state index contributed by atoms with van der Waals surface area (Å²) in [5.74, 6) is 0. The molecule has 0 bridgehead atoms. The number of carbonyl (C=O) groups is 1. The van der Waals surface area contributed by atoms with E-state index in [-0.39, 0.29) is 17.5 Å². The zero-order valence-electron chi connectivity index (χ0n) is 10.4. The van der Waals surface area contributed by atoms with E-state index in [4.69, 9.17) is 0 Å². The van der Waals surface area contributed by atoms with E-state index in [0.717, 1.165) is 26.2 Å². The lowest BCUT2D eigenvalue weighted by Gasteiger charge is -2.30. The predicted molar refractivity (Wildman–Crippen MR) is 63.5 cm³/mol. The fourth-order valence-corrected chi connectivity index (χ4v) is 1.52. The van der Waals surface area contributed by atoms with Crippen molar-refractivity contribution in [2.24, 2.45) is 0 Å². The number of ether oxygens (including phenoxy) is 1. The van der Waals surface area contributed by atoms with E-state index in [0.29, 0.717) is 13.1 Å². The number of nitrogens with one attached hydrogen (secondary N) is 1. The third kappa shape index (κ3) is 8.58. The molecule has 0 radical (unpaired) electrons. The summed E-state index contributed by atoms with van der Waals surface area (Å²) in [4.78, 5) is 21.3. The van der Waals surface area contributed by atoms with Crippen LogP contribution in [-0.2, 0) is 9.53 Å². The number of hydrogen-bond donors (Lipinski definition) is 1. The number of rotatable bonds is 5. The molecule has 100 valence electrons. The molecule has 1 atom stereocenters. The molecule has 7 nitrogen and oxygen atoms in total. The maximum atomic E-state index is 10.2. The fraction of sp³-hybridized carbons (Fsp3) is 0.900. The van der Waals surface area contributed by atoms with Crippen LogP contribution in [0.3, 0.4) is 0 Å². The summed E-state index contributed by atoms with van der Waals surface area (Å²) < 4.78 is 4.15. The average Bonchev–Trinajstić information content (AvgIpc) is 2.31. The van der Waals surface area contributed by atoms with Crippen molar-refractivity contribution in [1.82, 2.24) is 10.2 Å². The molecule has 1 aliphatic rings. The van der Waals surface area contributed by atoms with Gasteiger partial charge in [-0.25, -0.2) is 0 Å². The van der Waals surface area contributed by atoms with Gasteiger partial charge in [0.15, 0.2) is 0 Å². The van der Waals surface area contributed by atoms with Crippen LogP contribution >= 0.6 is 0 Å². The molecule has 1 N–H and O–H groups in total. The topological polar surface area (TPSA) is 84.7 Å². The van der Waals surface area contributed by atoms with Crippen LogP contribution in [0.2, 0.25) is 0 Å². The summed E-state index contributed by atoms with van der Waals surface area (Å²) in [6, 6.07) is 0.0714. The van der Waals surface area contributed by atoms with Gasteiger partial charge >= 0.3 is 0 Å². The van der Waals surface area contributed by atoms with E-state index >= 15 is 0 Å². The predicted octanol–water partition coefficient (Wildman–Crippen LogP) is -0.264.